The minimum Gasteiger partial charge on any atom is -0.464 e. The number of halogens is 5. The second-order valence-corrected chi connectivity index (χ2v) is 7.48. The van der Waals surface area contributed by atoms with E-state index in [1.165, 1.54) is 0 Å². The Morgan fingerprint density at radius 1 is 1.13 bits per heavy atom. The number of sulfonamides is 1. The third-order valence-corrected chi connectivity index (χ3v) is 4.40. The molecule has 0 spiro atoms. The standard InChI is InChI=1S/C12H20F5NO4S/c1-4-10(2,3)9(19)22-6-5-18-23(20,21)8-11(13,14)7-12(15,16)17/h18H,4-8H2,1-3H3. The quantitative estimate of drug-likeness (QED) is 0.385. The molecule has 0 bridgehead atoms. The Bertz CT molecular complexity index is 502. The lowest BCUT2D eigenvalue weighted by atomic mass is 9.91. The van der Waals surface area contributed by atoms with Crippen molar-refractivity contribution in [1.82, 2.24) is 4.72 Å². The lowest BCUT2D eigenvalue weighted by molar-refractivity contribution is -0.181. The van der Waals surface area contributed by atoms with Crippen molar-refractivity contribution in [2.24, 2.45) is 5.41 Å². The summed E-state index contributed by atoms with van der Waals surface area (Å²) in [5, 5.41) is 0. The summed E-state index contributed by atoms with van der Waals surface area (Å²) in [5.41, 5.74) is -0.779. The van der Waals surface area contributed by atoms with Crippen LogP contribution in [0.1, 0.15) is 33.6 Å². The number of ether oxygens (including phenoxy) is 1. The van der Waals surface area contributed by atoms with Gasteiger partial charge in [0.2, 0.25) is 10.0 Å². The first-order valence-corrected chi connectivity index (χ1v) is 8.35. The van der Waals surface area contributed by atoms with Crippen molar-refractivity contribution < 1.29 is 39.9 Å². The van der Waals surface area contributed by atoms with Crippen LogP contribution in [0.3, 0.4) is 0 Å². The number of esters is 1. The van der Waals surface area contributed by atoms with Gasteiger partial charge in [-0.15, -0.1) is 0 Å². The summed E-state index contributed by atoms with van der Waals surface area (Å²) in [7, 11) is -4.64. The average Bonchev–Trinajstić information content (AvgIpc) is 2.29. The number of carbonyl (C=O) groups excluding carboxylic acids is 1. The third kappa shape index (κ3) is 9.69. The molecule has 0 aliphatic rings. The van der Waals surface area contributed by atoms with Crippen molar-refractivity contribution in [1.29, 1.82) is 0 Å². The summed E-state index contributed by atoms with van der Waals surface area (Å²) in [6, 6.07) is 0. The molecule has 1 N–H and O–H groups in total. The molecule has 0 heterocycles. The fraction of sp³-hybridized carbons (Fsp3) is 0.917. The second-order valence-electron chi connectivity index (χ2n) is 5.67. The van der Waals surface area contributed by atoms with Crippen molar-refractivity contribution in [3.05, 3.63) is 0 Å². The Hall–Kier alpha value is -0.970. The maximum Gasteiger partial charge on any atom is 0.394 e. The maximum atomic E-state index is 13.0. The summed E-state index contributed by atoms with van der Waals surface area (Å²) in [5.74, 6) is -7.03. The Labute approximate surface area is 131 Å². The molecule has 5 nitrogen and oxygen atoms in total. The van der Waals surface area contributed by atoms with Crippen molar-refractivity contribution in [2.45, 2.75) is 45.7 Å². The lowest BCUT2D eigenvalue weighted by Crippen LogP contribution is -2.40. The molecule has 0 fully saturated rings. The van der Waals surface area contributed by atoms with Crippen molar-refractivity contribution in [3.8, 4) is 0 Å². The van der Waals surface area contributed by atoms with Gasteiger partial charge in [0.05, 0.1) is 5.41 Å². The zero-order chi connectivity index (χ0) is 18.5. The van der Waals surface area contributed by atoms with Gasteiger partial charge in [-0.25, -0.2) is 21.9 Å². The number of hydrogen-bond donors (Lipinski definition) is 1. The molecule has 11 heteroatoms. The highest BCUT2D eigenvalue weighted by atomic mass is 32.2. The van der Waals surface area contributed by atoms with Gasteiger partial charge in [0, 0.05) is 6.54 Å². The zero-order valence-electron chi connectivity index (χ0n) is 13.0. The van der Waals surface area contributed by atoms with Gasteiger partial charge in [0.25, 0.3) is 5.92 Å². The number of nitrogens with one attached hydrogen (secondary N) is 1. The van der Waals surface area contributed by atoms with Crippen LogP contribution in [0.5, 0.6) is 0 Å². The van der Waals surface area contributed by atoms with Gasteiger partial charge >= 0.3 is 12.1 Å². The Morgan fingerprint density at radius 3 is 2.09 bits per heavy atom. The first-order valence-electron chi connectivity index (χ1n) is 6.69. The van der Waals surface area contributed by atoms with E-state index in [-0.39, 0.29) is 0 Å². The summed E-state index contributed by atoms with van der Waals surface area (Å²) in [4.78, 5) is 11.6. The highest BCUT2D eigenvalue weighted by Crippen LogP contribution is 2.32. The highest BCUT2D eigenvalue weighted by Gasteiger charge is 2.46. The van der Waals surface area contributed by atoms with Crippen molar-refractivity contribution >= 4 is 16.0 Å². The van der Waals surface area contributed by atoms with Gasteiger partial charge in [0.1, 0.15) is 18.8 Å². The SMILES string of the molecule is CCC(C)(C)C(=O)OCCNS(=O)(=O)CC(F)(F)CC(F)(F)F. The molecule has 23 heavy (non-hydrogen) atoms. The lowest BCUT2D eigenvalue weighted by Gasteiger charge is -2.20. The summed E-state index contributed by atoms with van der Waals surface area (Å²) < 4.78 is 90.9. The van der Waals surface area contributed by atoms with Crippen LogP contribution < -0.4 is 4.72 Å². The van der Waals surface area contributed by atoms with E-state index >= 15 is 0 Å². The molecule has 0 atom stereocenters. The minimum absolute atomic E-state index is 0.410. The summed E-state index contributed by atoms with van der Waals surface area (Å²) in [6.45, 7) is 4.05. The van der Waals surface area contributed by atoms with E-state index in [9.17, 15) is 35.2 Å². The predicted octanol–water partition coefficient (Wildman–Crippen LogP) is 2.47. The van der Waals surface area contributed by atoms with Gasteiger partial charge in [-0.3, -0.25) is 4.79 Å². The number of carbonyl (C=O) groups is 1. The van der Waals surface area contributed by atoms with Gasteiger partial charge in [-0.1, -0.05) is 6.92 Å². The molecule has 0 aliphatic heterocycles. The van der Waals surface area contributed by atoms with E-state index in [1.54, 1.807) is 25.5 Å². The molecular weight excluding hydrogens is 349 g/mol. The van der Waals surface area contributed by atoms with Gasteiger partial charge in [0.15, 0.2) is 0 Å². The minimum atomic E-state index is -5.18. The monoisotopic (exact) mass is 369 g/mol. The molecule has 0 unspecified atom stereocenters. The maximum absolute atomic E-state index is 13.0. The van der Waals surface area contributed by atoms with E-state index in [1.807, 2.05) is 0 Å². The number of alkyl halides is 5. The van der Waals surface area contributed by atoms with E-state index in [0.29, 0.717) is 6.42 Å². The molecule has 138 valence electrons. The van der Waals surface area contributed by atoms with Gasteiger partial charge in [-0.2, -0.15) is 13.2 Å². The fourth-order valence-electron chi connectivity index (χ4n) is 1.35. The van der Waals surface area contributed by atoms with Crippen molar-refractivity contribution in [3.63, 3.8) is 0 Å². The van der Waals surface area contributed by atoms with Crippen LogP contribution in [0.2, 0.25) is 0 Å². The van der Waals surface area contributed by atoms with E-state index in [2.05, 4.69) is 0 Å². The van der Waals surface area contributed by atoms with Crippen LogP contribution in [-0.2, 0) is 19.6 Å². The predicted molar refractivity (Wildman–Crippen MR) is 72.4 cm³/mol. The molecule has 0 amide bonds. The Balaban J connectivity index is 4.38. The number of hydrogen-bond acceptors (Lipinski definition) is 4. The largest absolute Gasteiger partial charge is 0.464 e. The molecule has 0 aliphatic carbocycles. The Morgan fingerprint density at radius 2 is 1.65 bits per heavy atom. The van der Waals surface area contributed by atoms with E-state index < -0.39 is 58.8 Å². The second kappa shape index (κ2) is 7.73. The smallest absolute Gasteiger partial charge is 0.394 e. The first kappa shape index (κ1) is 22.0. The molecule has 0 aromatic rings. The van der Waals surface area contributed by atoms with E-state index in [0.717, 1.165) is 0 Å². The van der Waals surface area contributed by atoms with Crippen molar-refractivity contribution in [2.75, 3.05) is 18.9 Å². The van der Waals surface area contributed by atoms with Gasteiger partial charge in [-0.05, 0) is 20.3 Å². The average molecular weight is 369 g/mol. The number of rotatable bonds is 9. The van der Waals surface area contributed by atoms with Gasteiger partial charge < -0.3 is 4.74 Å². The normalized spacial score (nSPS) is 13.9. The molecular formula is C12H20F5NO4S. The first-order chi connectivity index (χ1) is 10.1. The van der Waals surface area contributed by atoms with Crippen LogP contribution in [0, 0.1) is 5.41 Å². The summed E-state index contributed by atoms with van der Waals surface area (Å²) in [6.07, 6.45) is -7.23. The molecule has 0 radical (unpaired) electrons. The Kier molecular flexibility index (Phi) is 7.41. The molecule has 0 saturated carbocycles. The van der Waals surface area contributed by atoms with Crippen LogP contribution in [0.4, 0.5) is 22.0 Å². The molecule has 0 aromatic carbocycles. The third-order valence-electron chi connectivity index (χ3n) is 2.95. The fourth-order valence-corrected chi connectivity index (χ4v) is 2.51. The van der Waals surface area contributed by atoms with Crippen LogP contribution in [-0.4, -0.2) is 45.4 Å². The molecule has 0 rings (SSSR count). The zero-order valence-corrected chi connectivity index (χ0v) is 13.8. The van der Waals surface area contributed by atoms with E-state index in [4.69, 9.17) is 4.74 Å². The summed E-state index contributed by atoms with van der Waals surface area (Å²) >= 11 is 0. The molecule has 0 saturated heterocycles. The highest BCUT2D eigenvalue weighted by molar-refractivity contribution is 7.89. The van der Waals surface area contributed by atoms with Crippen LogP contribution >= 0.6 is 0 Å². The topological polar surface area (TPSA) is 72.5 Å². The van der Waals surface area contributed by atoms with Crippen LogP contribution in [0.25, 0.3) is 0 Å². The van der Waals surface area contributed by atoms with Crippen LogP contribution in [0.15, 0.2) is 0 Å². The molecule has 0 aromatic heterocycles.